The number of benzene rings is 1. The Labute approximate surface area is 202 Å². The van der Waals surface area contributed by atoms with Crippen molar-refractivity contribution in [3.05, 3.63) is 36.2 Å². The normalized spacial score (nSPS) is 26.6. The van der Waals surface area contributed by atoms with Crippen molar-refractivity contribution >= 4 is 11.6 Å². The number of nitrogens with zero attached hydrogens (tertiary/aromatic N) is 6. The molecule has 1 aromatic carbocycles. The van der Waals surface area contributed by atoms with Gasteiger partial charge in [-0.25, -0.2) is 0 Å². The SMILES string of the molecule is CCCCc1cn(C[C@H]2C[C@H]3CCN2C[C@@H]3C(=O)N2CCN(c3ccccc3OC)CC2)nn1. The molecule has 2 aromatic rings. The second-order valence-electron chi connectivity index (χ2n) is 10.1. The lowest BCUT2D eigenvalue weighted by Crippen LogP contribution is -2.60. The van der Waals surface area contributed by atoms with Gasteiger partial charge in [-0.15, -0.1) is 5.10 Å². The van der Waals surface area contributed by atoms with Gasteiger partial charge in [0.2, 0.25) is 5.91 Å². The topological polar surface area (TPSA) is 66.7 Å². The number of piperidine rings is 3. The Balaban J connectivity index is 1.15. The van der Waals surface area contributed by atoms with Gasteiger partial charge in [-0.3, -0.25) is 14.4 Å². The zero-order chi connectivity index (χ0) is 23.5. The molecule has 0 N–H and O–H groups in total. The van der Waals surface area contributed by atoms with Crippen LogP contribution in [0.4, 0.5) is 5.69 Å². The van der Waals surface area contributed by atoms with Crippen LogP contribution in [0, 0.1) is 11.8 Å². The van der Waals surface area contributed by atoms with E-state index in [2.05, 4.69) is 44.2 Å². The van der Waals surface area contributed by atoms with Gasteiger partial charge in [-0.2, -0.15) is 0 Å². The minimum atomic E-state index is 0.138. The standard InChI is InChI=1S/C26H38N6O2/c1-3-4-7-21-17-32(28-27-21)18-22-16-20-10-11-31(22)19-23(20)26(33)30-14-12-29(13-15-30)24-8-5-6-9-25(24)34-2/h5-6,8-9,17,20,22-23H,3-4,7,10-16,18-19H2,1-2H3/t20-,22-,23+/m1/s1. The third kappa shape index (κ3) is 4.78. The number of anilines is 1. The van der Waals surface area contributed by atoms with Crippen LogP contribution >= 0.6 is 0 Å². The molecule has 0 spiro atoms. The largest absolute Gasteiger partial charge is 0.495 e. The number of ether oxygens (including phenoxy) is 1. The molecule has 1 unspecified atom stereocenters. The summed E-state index contributed by atoms with van der Waals surface area (Å²) in [5, 5.41) is 8.72. The molecule has 6 rings (SSSR count). The molecule has 184 valence electrons. The summed E-state index contributed by atoms with van der Waals surface area (Å²) in [5.41, 5.74) is 2.21. The van der Waals surface area contributed by atoms with Crippen LogP contribution in [-0.4, -0.2) is 83.1 Å². The second kappa shape index (κ2) is 10.3. The predicted molar refractivity (Wildman–Crippen MR) is 132 cm³/mol. The van der Waals surface area contributed by atoms with Crippen molar-refractivity contribution in [2.75, 3.05) is 51.3 Å². The van der Waals surface area contributed by atoms with E-state index < -0.39 is 0 Å². The maximum Gasteiger partial charge on any atom is 0.227 e. The Morgan fingerprint density at radius 3 is 2.71 bits per heavy atom. The third-order valence-electron chi connectivity index (χ3n) is 7.98. The molecule has 0 aliphatic carbocycles. The molecule has 1 aromatic heterocycles. The first-order valence-electron chi connectivity index (χ1n) is 13.0. The number of rotatable bonds is 8. The number of fused-ring (bicyclic) bond motifs is 3. The molecule has 4 atom stereocenters. The van der Waals surface area contributed by atoms with Crippen molar-refractivity contribution in [2.24, 2.45) is 11.8 Å². The number of carbonyl (C=O) groups is 1. The molecule has 0 saturated carbocycles. The van der Waals surface area contributed by atoms with E-state index in [1.54, 1.807) is 7.11 Å². The Hall–Kier alpha value is -2.61. The van der Waals surface area contributed by atoms with Gasteiger partial charge in [0.25, 0.3) is 0 Å². The van der Waals surface area contributed by atoms with E-state index in [9.17, 15) is 4.79 Å². The van der Waals surface area contributed by atoms with Gasteiger partial charge in [0.05, 0.1) is 31.0 Å². The average molecular weight is 467 g/mol. The van der Waals surface area contributed by atoms with Crippen LogP contribution in [-0.2, 0) is 17.8 Å². The highest BCUT2D eigenvalue weighted by atomic mass is 16.5. The Morgan fingerprint density at radius 1 is 1.15 bits per heavy atom. The second-order valence-corrected chi connectivity index (χ2v) is 10.1. The molecule has 1 amide bonds. The van der Waals surface area contributed by atoms with Crippen LogP contribution in [0.2, 0.25) is 0 Å². The molecule has 4 fully saturated rings. The van der Waals surface area contributed by atoms with Crippen LogP contribution in [0.15, 0.2) is 30.5 Å². The number of unbranched alkanes of at least 4 members (excludes halogenated alkanes) is 1. The lowest BCUT2D eigenvalue weighted by Gasteiger charge is -2.50. The van der Waals surface area contributed by atoms with Crippen molar-refractivity contribution in [3.8, 4) is 5.75 Å². The minimum Gasteiger partial charge on any atom is -0.495 e. The molecule has 0 radical (unpaired) electrons. The average Bonchev–Trinajstić information content (AvgIpc) is 3.34. The fourth-order valence-corrected chi connectivity index (χ4v) is 6.02. The Bertz CT molecular complexity index is 970. The van der Waals surface area contributed by atoms with Gasteiger partial charge in [0.1, 0.15) is 5.75 Å². The number of para-hydroxylation sites is 2. The molecule has 8 nitrogen and oxygen atoms in total. The molecule has 4 aliphatic rings. The number of amides is 1. The number of carbonyl (C=O) groups excluding carboxylic acids is 1. The molecule has 4 saturated heterocycles. The number of aryl methyl sites for hydroxylation is 1. The summed E-state index contributed by atoms with van der Waals surface area (Å²) in [6.07, 6.45) is 7.68. The van der Waals surface area contributed by atoms with Crippen LogP contribution in [0.1, 0.15) is 38.3 Å². The van der Waals surface area contributed by atoms with E-state index in [-0.39, 0.29) is 5.92 Å². The first-order chi connectivity index (χ1) is 16.7. The number of methoxy groups -OCH3 is 1. The number of aromatic nitrogens is 3. The van der Waals surface area contributed by atoms with E-state index in [1.165, 1.54) is 6.42 Å². The molecular formula is C26H38N6O2. The zero-order valence-electron chi connectivity index (χ0n) is 20.6. The molecule has 5 heterocycles. The number of hydrogen-bond acceptors (Lipinski definition) is 6. The summed E-state index contributed by atoms with van der Waals surface area (Å²) in [6.45, 7) is 8.33. The Kier molecular flexibility index (Phi) is 7.04. The van der Waals surface area contributed by atoms with Crippen LogP contribution < -0.4 is 9.64 Å². The molecule has 8 heteroatoms. The summed E-state index contributed by atoms with van der Waals surface area (Å²) >= 11 is 0. The number of piperazine rings is 1. The highest BCUT2D eigenvalue weighted by Crippen LogP contribution is 2.38. The van der Waals surface area contributed by atoms with Crippen LogP contribution in [0.5, 0.6) is 5.75 Å². The van der Waals surface area contributed by atoms with E-state index in [0.29, 0.717) is 17.9 Å². The highest BCUT2D eigenvalue weighted by Gasteiger charge is 2.44. The Morgan fingerprint density at radius 2 is 1.97 bits per heavy atom. The fraction of sp³-hybridized carbons (Fsp3) is 0.654. The monoisotopic (exact) mass is 466 g/mol. The summed E-state index contributed by atoms with van der Waals surface area (Å²) in [7, 11) is 1.72. The van der Waals surface area contributed by atoms with Crippen molar-refractivity contribution in [1.29, 1.82) is 0 Å². The van der Waals surface area contributed by atoms with E-state index in [1.807, 2.05) is 22.9 Å². The van der Waals surface area contributed by atoms with E-state index >= 15 is 0 Å². The van der Waals surface area contributed by atoms with Crippen molar-refractivity contribution in [2.45, 2.75) is 51.6 Å². The predicted octanol–water partition coefficient (Wildman–Crippen LogP) is 2.69. The maximum absolute atomic E-state index is 13.5. The van der Waals surface area contributed by atoms with Gasteiger partial charge in [0, 0.05) is 45.0 Å². The first kappa shape index (κ1) is 23.1. The van der Waals surface area contributed by atoms with E-state index in [4.69, 9.17) is 4.74 Å². The summed E-state index contributed by atoms with van der Waals surface area (Å²) < 4.78 is 7.55. The summed E-state index contributed by atoms with van der Waals surface area (Å²) in [6, 6.07) is 8.61. The van der Waals surface area contributed by atoms with E-state index in [0.717, 1.165) is 88.6 Å². The third-order valence-corrected chi connectivity index (χ3v) is 7.98. The number of hydrogen-bond donors (Lipinski definition) is 0. The van der Waals surface area contributed by atoms with Gasteiger partial charge < -0.3 is 14.5 Å². The molecule has 4 aliphatic heterocycles. The fourth-order valence-electron chi connectivity index (χ4n) is 6.02. The van der Waals surface area contributed by atoms with Crippen molar-refractivity contribution in [1.82, 2.24) is 24.8 Å². The van der Waals surface area contributed by atoms with Gasteiger partial charge in [-0.1, -0.05) is 30.7 Å². The minimum absolute atomic E-state index is 0.138. The van der Waals surface area contributed by atoms with Crippen molar-refractivity contribution < 1.29 is 9.53 Å². The quantitative estimate of drug-likeness (QED) is 0.596. The molecule has 34 heavy (non-hydrogen) atoms. The van der Waals surface area contributed by atoms with Crippen LogP contribution in [0.3, 0.4) is 0 Å². The van der Waals surface area contributed by atoms with Gasteiger partial charge >= 0.3 is 0 Å². The van der Waals surface area contributed by atoms with Gasteiger partial charge in [-0.05, 0) is 50.3 Å². The zero-order valence-corrected chi connectivity index (χ0v) is 20.6. The van der Waals surface area contributed by atoms with Gasteiger partial charge in [0.15, 0.2) is 0 Å². The smallest absolute Gasteiger partial charge is 0.227 e. The summed E-state index contributed by atoms with van der Waals surface area (Å²) in [5.74, 6) is 1.88. The maximum atomic E-state index is 13.5. The summed E-state index contributed by atoms with van der Waals surface area (Å²) in [4.78, 5) is 20.5. The van der Waals surface area contributed by atoms with Crippen molar-refractivity contribution in [3.63, 3.8) is 0 Å². The lowest BCUT2D eigenvalue weighted by molar-refractivity contribution is -0.144. The highest BCUT2D eigenvalue weighted by molar-refractivity contribution is 5.80. The lowest BCUT2D eigenvalue weighted by atomic mass is 9.75. The van der Waals surface area contributed by atoms with Crippen LogP contribution in [0.25, 0.3) is 0 Å². The molecular weight excluding hydrogens is 428 g/mol. The molecule has 2 bridgehead atoms. The first-order valence-corrected chi connectivity index (χ1v) is 13.0.